The molecule has 2 atom stereocenters. The topological polar surface area (TPSA) is 61.6 Å². The molecule has 1 amide bonds. The molecule has 3 rings (SSSR count). The first-order chi connectivity index (χ1) is 10.5. The first kappa shape index (κ1) is 21.2. The van der Waals surface area contributed by atoms with Gasteiger partial charge in [0.1, 0.15) is 11.9 Å². The Morgan fingerprint density at radius 3 is 2.46 bits per heavy atom. The number of hydrogen-bond acceptors (Lipinski definition) is 5. The molecule has 0 bridgehead atoms. The van der Waals surface area contributed by atoms with Gasteiger partial charge in [-0.05, 0) is 13.8 Å². The normalized spacial score (nSPS) is 24.4. The third-order valence-corrected chi connectivity index (χ3v) is 4.49. The van der Waals surface area contributed by atoms with Crippen molar-refractivity contribution in [2.24, 2.45) is 0 Å². The Morgan fingerprint density at radius 1 is 1.29 bits per heavy atom. The van der Waals surface area contributed by atoms with Crippen LogP contribution in [0.1, 0.15) is 23.8 Å². The molecule has 2 aliphatic heterocycles. The number of aromatic nitrogens is 1. The van der Waals surface area contributed by atoms with Gasteiger partial charge in [0.2, 0.25) is 11.8 Å². The third kappa shape index (κ3) is 4.81. The zero-order valence-corrected chi connectivity index (χ0v) is 15.6. The van der Waals surface area contributed by atoms with Crippen LogP contribution in [0.2, 0.25) is 0 Å². The van der Waals surface area contributed by atoms with Gasteiger partial charge in [0.25, 0.3) is 0 Å². The maximum atomic E-state index is 13.2. The molecule has 9 heteroatoms. The molecule has 0 saturated carbocycles. The number of carbonyl (C=O) groups is 1. The van der Waals surface area contributed by atoms with Gasteiger partial charge in [-0.1, -0.05) is 0 Å². The van der Waals surface area contributed by atoms with Crippen molar-refractivity contribution in [1.82, 2.24) is 20.1 Å². The average Bonchev–Trinajstić information content (AvgIpc) is 3.06. The highest BCUT2D eigenvalue weighted by Crippen LogP contribution is 2.15. The van der Waals surface area contributed by atoms with E-state index in [0.29, 0.717) is 32.6 Å². The number of piperazine rings is 1. The second kappa shape index (κ2) is 8.99. The number of aryl methyl sites for hydroxylation is 2. The predicted molar refractivity (Wildman–Crippen MR) is 93.6 cm³/mol. The van der Waals surface area contributed by atoms with E-state index in [-0.39, 0.29) is 36.8 Å². The van der Waals surface area contributed by atoms with Gasteiger partial charge < -0.3 is 14.6 Å². The van der Waals surface area contributed by atoms with Crippen LogP contribution in [0.5, 0.6) is 0 Å². The molecule has 0 aromatic carbocycles. The van der Waals surface area contributed by atoms with E-state index < -0.39 is 6.17 Å². The quantitative estimate of drug-likeness (QED) is 0.857. The summed E-state index contributed by atoms with van der Waals surface area (Å²) in [6.07, 6.45) is -0.597. The van der Waals surface area contributed by atoms with E-state index in [1.165, 1.54) is 0 Å². The molecule has 6 nitrogen and oxygen atoms in total. The van der Waals surface area contributed by atoms with Crippen LogP contribution in [0.15, 0.2) is 4.42 Å². The summed E-state index contributed by atoms with van der Waals surface area (Å²) in [4.78, 5) is 20.8. The number of alkyl halides is 1. The van der Waals surface area contributed by atoms with Gasteiger partial charge in [0, 0.05) is 39.1 Å². The van der Waals surface area contributed by atoms with Crippen LogP contribution >= 0.6 is 24.8 Å². The van der Waals surface area contributed by atoms with Gasteiger partial charge in [0.05, 0.1) is 18.3 Å². The maximum Gasteiger partial charge on any atom is 0.239 e. The number of rotatable bonds is 3. The van der Waals surface area contributed by atoms with Crippen LogP contribution < -0.4 is 5.32 Å². The van der Waals surface area contributed by atoms with E-state index in [4.69, 9.17) is 4.42 Å². The third-order valence-electron chi connectivity index (χ3n) is 4.49. The lowest BCUT2D eigenvalue weighted by Gasteiger charge is -2.35. The summed E-state index contributed by atoms with van der Waals surface area (Å²) in [5.41, 5.74) is 0.928. The number of hydrogen-bond donors (Lipinski definition) is 1. The fourth-order valence-electron chi connectivity index (χ4n) is 3.03. The van der Waals surface area contributed by atoms with E-state index in [1.54, 1.807) is 0 Å². The smallest absolute Gasteiger partial charge is 0.239 e. The Morgan fingerprint density at radius 2 is 1.96 bits per heavy atom. The number of carbonyl (C=O) groups excluding carboxylic acids is 1. The molecule has 2 saturated heterocycles. The Labute approximate surface area is 154 Å². The van der Waals surface area contributed by atoms with E-state index in [9.17, 15) is 9.18 Å². The molecule has 138 valence electrons. The zero-order valence-electron chi connectivity index (χ0n) is 14.0. The fraction of sp³-hybridized carbons (Fsp3) is 0.733. The average molecular weight is 383 g/mol. The highest BCUT2D eigenvalue weighted by Gasteiger charge is 2.33. The van der Waals surface area contributed by atoms with Crippen LogP contribution in [0, 0.1) is 13.8 Å². The molecule has 2 aliphatic rings. The minimum atomic E-state index is -0.897. The van der Waals surface area contributed by atoms with E-state index in [2.05, 4.69) is 15.2 Å². The molecular formula is C15H25Cl2FN4O2. The lowest BCUT2D eigenvalue weighted by Crippen LogP contribution is -2.52. The van der Waals surface area contributed by atoms with Gasteiger partial charge in [-0.2, -0.15) is 0 Å². The van der Waals surface area contributed by atoms with Crippen molar-refractivity contribution in [1.29, 1.82) is 0 Å². The van der Waals surface area contributed by atoms with Gasteiger partial charge in [0.15, 0.2) is 0 Å². The molecule has 0 radical (unpaired) electrons. The minimum Gasteiger partial charge on any atom is -0.444 e. The molecule has 1 aromatic heterocycles. The van der Waals surface area contributed by atoms with Crippen molar-refractivity contribution in [2.45, 2.75) is 39.0 Å². The lowest BCUT2D eigenvalue weighted by molar-refractivity contribution is -0.135. The van der Waals surface area contributed by atoms with Crippen molar-refractivity contribution in [2.75, 3.05) is 32.7 Å². The Bertz CT molecular complexity index is 530. The van der Waals surface area contributed by atoms with Crippen LogP contribution in [-0.2, 0) is 11.3 Å². The summed E-state index contributed by atoms with van der Waals surface area (Å²) >= 11 is 0. The molecule has 0 unspecified atom stereocenters. The summed E-state index contributed by atoms with van der Waals surface area (Å²) in [6.45, 7) is 7.74. The Kier molecular flexibility index (Phi) is 7.92. The highest BCUT2D eigenvalue weighted by atomic mass is 35.5. The van der Waals surface area contributed by atoms with Crippen LogP contribution in [0.3, 0.4) is 0 Å². The number of oxazole rings is 1. The zero-order chi connectivity index (χ0) is 15.7. The van der Waals surface area contributed by atoms with Crippen molar-refractivity contribution < 1.29 is 13.6 Å². The molecular weight excluding hydrogens is 358 g/mol. The molecule has 1 aromatic rings. The van der Waals surface area contributed by atoms with Crippen molar-refractivity contribution in [3.8, 4) is 0 Å². The largest absolute Gasteiger partial charge is 0.444 e. The van der Waals surface area contributed by atoms with Crippen molar-refractivity contribution >= 4 is 30.7 Å². The standard InChI is InChI=1S/C15H23FN4O2.2ClH/c1-10-11(2)22-14(18-10)9-19-3-5-20(6-4-19)15(21)13-7-12(16)8-17-13;;/h12-13,17H,3-9H2,1-2H3;2*1H/t12-,13+;;/m0../s1. The first-order valence-electron chi connectivity index (χ1n) is 7.84. The summed E-state index contributed by atoms with van der Waals surface area (Å²) in [5.74, 6) is 1.62. The second-order valence-electron chi connectivity index (χ2n) is 6.14. The van der Waals surface area contributed by atoms with Crippen molar-refractivity contribution in [3.05, 3.63) is 17.3 Å². The highest BCUT2D eigenvalue weighted by molar-refractivity contribution is 5.85. The number of amides is 1. The summed E-state index contributed by atoms with van der Waals surface area (Å²) < 4.78 is 18.8. The van der Waals surface area contributed by atoms with Crippen LogP contribution in [0.25, 0.3) is 0 Å². The summed E-state index contributed by atoms with van der Waals surface area (Å²) in [6, 6.07) is -0.349. The van der Waals surface area contributed by atoms with Gasteiger partial charge in [-0.3, -0.25) is 9.69 Å². The van der Waals surface area contributed by atoms with E-state index >= 15 is 0 Å². The van der Waals surface area contributed by atoms with E-state index in [0.717, 1.165) is 30.4 Å². The minimum absolute atomic E-state index is 0. The molecule has 1 N–H and O–H groups in total. The molecule has 24 heavy (non-hydrogen) atoms. The van der Waals surface area contributed by atoms with Crippen LogP contribution in [-0.4, -0.2) is 65.6 Å². The number of halogens is 3. The molecule has 0 spiro atoms. The SMILES string of the molecule is Cc1nc(CN2CCN(C(=O)[C@H]3C[C@H](F)CN3)CC2)oc1C.Cl.Cl. The Balaban J connectivity index is 0.00000144. The van der Waals surface area contributed by atoms with E-state index in [1.807, 2.05) is 18.7 Å². The fourth-order valence-corrected chi connectivity index (χ4v) is 3.03. The van der Waals surface area contributed by atoms with Gasteiger partial charge >= 0.3 is 0 Å². The maximum absolute atomic E-state index is 13.2. The predicted octanol–water partition coefficient (Wildman–Crippen LogP) is 1.48. The number of nitrogens with zero attached hydrogens (tertiary/aromatic N) is 3. The molecule has 2 fully saturated rings. The summed E-state index contributed by atoms with van der Waals surface area (Å²) in [7, 11) is 0. The van der Waals surface area contributed by atoms with Gasteiger partial charge in [-0.25, -0.2) is 9.37 Å². The second-order valence-corrected chi connectivity index (χ2v) is 6.14. The lowest BCUT2D eigenvalue weighted by atomic mass is 10.1. The van der Waals surface area contributed by atoms with Gasteiger partial charge in [-0.15, -0.1) is 24.8 Å². The molecule has 0 aliphatic carbocycles. The first-order valence-corrected chi connectivity index (χ1v) is 7.84. The van der Waals surface area contributed by atoms with Crippen molar-refractivity contribution in [3.63, 3.8) is 0 Å². The summed E-state index contributed by atoms with van der Waals surface area (Å²) in [5, 5.41) is 2.96. The Hall–Kier alpha value is -0.890. The monoisotopic (exact) mass is 382 g/mol. The van der Waals surface area contributed by atoms with Crippen LogP contribution in [0.4, 0.5) is 4.39 Å². The number of nitrogens with one attached hydrogen (secondary N) is 1. The molecule has 3 heterocycles.